The van der Waals surface area contributed by atoms with Gasteiger partial charge in [0.1, 0.15) is 5.01 Å². The summed E-state index contributed by atoms with van der Waals surface area (Å²) in [7, 11) is 0. The summed E-state index contributed by atoms with van der Waals surface area (Å²) in [6, 6.07) is 0. The first-order valence-electron chi connectivity index (χ1n) is 6.16. The van der Waals surface area contributed by atoms with E-state index in [1.54, 1.807) is 11.3 Å². The van der Waals surface area contributed by atoms with Crippen molar-refractivity contribution < 1.29 is 4.52 Å². The van der Waals surface area contributed by atoms with Crippen molar-refractivity contribution in [2.24, 2.45) is 5.92 Å². The van der Waals surface area contributed by atoms with Crippen LogP contribution in [-0.4, -0.2) is 28.2 Å². The highest BCUT2D eigenvalue weighted by atomic mass is 32.1. The smallest absolute Gasteiger partial charge is 0.231 e. The minimum absolute atomic E-state index is 0.351. The number of aryl methyl sites for hydroxylation is 1. The average molecular weight is 264 g/mol. The Balaban J connectivity index is 1.73. The Morgan fingerprint density at radius 1 is 1.44 bits per heavy atom. The number of nitrogens with zero attached hydrogens (tertiary/aromatic N) is 3. The van der Waals surface area contributed by atoms with Gasteiger partial charge >= 0.3 is 0 Å². The second-order valence-electron chi connectivity index (χ2n) is 4.85. The van der Waals surface area contributed by atoms with Gasteiger partial charge in [0.25, 0.3) is 0 Å². The number of thiazole rings is 1. The molecule has 0 aromatic carbocycles. The fourth-order valence-electron chi connectivity index (χ4n) is 2.25. The molecule has 2 aromatic rings. The molecular formula is C12H16N4OS. The molecule has 1 aliphatic heterocycles. The Hall–Kier alpha value is -1.27. The maximum absolute atomic E-state index is 5.37. The molecule has 1 saturated heterocycles. The Bertz CT molecular complexity index is 536. The molecule has 96 valence electrons. The molecule has 1 N–H and O–H groups in total. The SMILES string of the molecule is Cc1csc(Cc2noc([C@@H]3CNC[C@H]3C)n2)n1. The summed E-state index contributed by atoms with van der Waals surface area (Å²) in [6.45, 7) is 6.15. The van der Waals surface area contributed by atoms with Crippen LogP contribution < -0.4 is 5.32 Å². The van der Waals surface area contributed by atoms with Gasteiger partial charge in [0.2, 0.25) is 5.89 Å². The van der Waals surface area contributed by atoms with Gasteiger partial charge in [-0.2, -0.15) is 4.98 Å². The number of rotatable bonds is 3. The van der Waals surface area contributed by atoms with Gasteiger partial charge in [0, 0.05) is 17.6 Å². The van der Waals surface area contributed by atoms with Crippen molar-refractivity contribution in [2.75, 3.05) is 13.1 Å². The maximum atomic E-state index is 5.37. The molecule has 3 rings (SSSR count). The lowest BCUT2D eigenvalue weighted by Gasteiger charge is -2.07. The number of aromatic nitrogens is 3. The van der Waals surface area contributed by atoms with Crippen molar-refractivity contribution in [2.45, 2.75) is 26.2 Å². The number of nitrogens with one attached hydrogen (secondary N) is 1. The topological polar surface area (TPSA) is 63.8 Å². The van der Waals surface area contributed by atoms with E-state index >= 15 is 0 Å². The predicted molar refractivity (Wildman–Crippen MR) is 68.7 cm³/mol. The first-order valence-corrected chi connectivity index (χ1v) is 7.04. The summed E-state index contributed by atoms with van der Waals surface area (Å²) in [6.07, 6.45) is 0.663. The molecule has 0 spiro atoms. The molecule has 18 heavy (non-hydrogen) atoms. The van der Waals surface area contributed by atoms with E-state index in [4.69, 9.17) is 4.52 Å². The molecule has 0 aliphatic carbocycles. The van der Waals surface area contributed by atoms with E-state index in [-0.39, 0.29) is 0 Å². The summed E-state index contributed by atoms with van der Waals surface area (Å²) >= 11 is 1.64. The van der Waals surface area contributed by atoms with Gasteiger partial charge in [-0.25, -0.2) is 4.98 Å². The molecule has 0 unspecified atom stereocenters. The van der Waals surface area contributed by atoms with Crippen LogP contribution in [0.15, 0.2) is 9.90 Å². The Morgan fingerprint density at radius 2 is 2.33 bits per heavy atom. The van der Waals surface area contributed by atoms with Gasteiger partial charge in [-0.05, 0) is 19.4 Å². The van der Waals surface area contributed by atoms with Crippen molar-refractivity contribution in [3.8, 4) is 0 Å². The summed E-state index contributed by atoms with van der Waals surface area (Å²) in [5.41, 5.74) is 1.05. The van der Waals surface area contributed by atoms with E-state index < -0.39 is 0 Å². The van der Waals surface area contributed by atoms with Crippen LogP contribution in [0, 0.1) is 12.8 Å². The van der Waals surface area contributed by atoms with Crippen LogP contribution in [0.3, 0.4) is 0 Å². The van der Waals surface area contributed by atoms with Gasteiger partial charge in [-0.1, -0.05) is 12.1 Å². The standard InChI is InChI=1S/C12H16N4OS/c1-7-4-13-5-9(7)12-15-10(16-17-12)3-11-14-8(2)6-18-11/h6-7,9,13H,3-5H2,1-2H3/t7-,9-/m1/s1. The molecule has 2 aromatic heterocycles. The summed E-state index contributed by atoms with van der Waals surface area (Å²) < 4.78 is 5.37. The van der Waals surface area contributed by atoms with E-state index in [9.17, 15) is 0 Å². The van der Waals surface area contributed by atoms with Crippen LogP contribution in [0.25, 0.3) is 0 Å². The van der Waals surface area contributed by atoms with Crippen LogP contribution in [0.2, 0.25) is 0 Å². The summed E-state index contributed by atoms with van der Waals surface area (Å²) in [4.78, 5) is 8.91. The van der Waals surface area contributed by atoms with E-state index in [1.807, 2.05) is 12.3 Å². The van der Waals surface area contributed by atoms with Gasteiger partial charge in [0.15, 0.2) is 5.82 Å². The number of hydrogen-bond acceptors (Lipinski definition) is 6. The molecule has 0 radical (unpaired) electrons. The zero-order valence-corrected chi connectivity index (χ0v) is 11.3. The minimum atomic E-state index is 0.351. The minimum Gasteiger partial charge on any atom is -0.339 e. The van der Waals surface area contributed by atoms with Crippen molar-refractivity contribution >= 4 is 11.3 Å². The Kier molecular flexibility index (Phi) is 3.13. The number of hydrogen-bond donors (Lipinski definition) is 1. The molecule has 1 aliphatic rings. The largest absolute Gasteiger partial charge is 0.339 e. The molecular weight excluding hydrogens is 248 g/mol. The predicted octanol–water partition coefficient (Wildman–Crippen LogP) is 1.75. The third-order valence-corrected chi connectivity index (χ3v) is 4.26. The van der Waals surface area contributed by atoms with Gasteiger partial charge < -0.3 is 9.84 Å². The van der Waals surface area contributed by atoms with Crippen molar-refractivity contribution in [3.63, 3.8) is 0 Å². The summed E-state index contributed by atoms with van der Waals surface area (Å²) in [5, 5.41) is 10.5. The highest BCUT2D eigenvalue weighted by molar-refractivity contribution is 7.09. The zero-order valence-electron chi connectivity index (χ0n) is 10.5. The molecule has 2 atom stereocenters. The third kappa shape index (κ3) is 2.30. The normalized spacial score (nSPS) is 23.7. The zero-order chi connectivity index (χ0) is 12.5. The van der Waals surface area contributed by atoms with Gasteiger partial charge in [0.05, 0.1) is 12.3 Å². The van der Waals surface area contributed by atoms with E-state index in [1.165, 1.54) is 0 Å². The first kappa shape index (κ1) is 11.8. The lowest BCUT2D eigenvalue weighted by atomic mass is 9.98. The second-order valence-corrected chi connectivity index (χ2v) is 5.79. The van der Waals surface area contributed by atoms with Crippen LogP contribution in [0.4, 0.5) is 0 Å². The Morgan fingerprint density at radius 3 is 3.00 bits per heavy atom. The third-order valence-electron chi connectivity index (χ3n) is 3.29. The lowest BCUT2D eigenvalue weighted by Crippen LogP contribution is -2.08. The molecule has 6 heteroatoms. The maximum Gasteiger partial charge on any atom is 0.231 e. The van der Waals surface area contributed by atoms with Gasteiger partial charge in [-0.15, -0.1) is 11.3 Å². The van der Waals surface area contributed by atoms with Crippen molar-refractivity contribution in [3.05, 3.63) is 27.8 Å². The second kappa shape index (κ2) is 4.78. The lowest BCUT2D eigenvalue weighted by molar-refractivity contribution is 0.337. The van der Waals surface area contributed by atoms with Crippen LogP contribution in [-0.2, 0) is 6.42 Å². The summed E-state index contributed by atoms with van der Waals surface area (Å²) in [5.74, 6) is 2.40. The van der Waals surface area contributed by atoms with Crippen LogP contribution in [0.5, 0.6) is 0 Å². The first-order chi connectivity index (χ1) is 8.72. The molecule has 1 fully saturated rings. The van der Waals surface area contributed by atoms with E-state index in [0.29, 0.717) is 18.3 Å². The molecule has 0 saturated carbocycles. The van der Waals surface area contributed by atoms with Crippen molar-refractivity contribution in [1.29, 1.82) is 0 Å². The highest BCUT2D eigenvalue weighted by Gasteiger charge is 2.29. The fourth-order valence-corrected chi connectivity index (χ4v) is 3.02. The molecule has 3 heterocycles. The average Bonchev–Trinajstić information content (AvgIpc) is 3.02. The highest BCUT2D eigenvalue weighted by Crippen LogP contribution is 2.26. The van der Waals surface area contributed by atoms with Crippen LogP contribution in [0.1, 0.15) is 35.3 Å². The van der Waals surface area contributed by atoms with E-state index in [0.717, 1.165) is 35.5 Å². The molecule has 0 bridgehead atoms. The van der Waals surface area contributed by atoms with Crippen LogP contribution >= 0.6 is 11.3 Å². The van der Waals surface area contributed by atoms with Crippen molar-refractivity contribution in [1.82, 2.24) is 20.4 Å². The molecule has 5 nitrogen and oxygen atoms in total. The Labute approximate surface area is 110 Å². The fraction of sp³-hybridized carbons (Fsp3) is 0.583. The van der Waals surface area contributed by atoms with Gasteiger partial charge in [-0.3, -0.25) is 0 Å². The van der Waals surface area contributed by atoms with E-state index in [2.05, 4.69) is 27.4 Å². The molecule has 0 amide bonds. The monoisotopic (exact) mass is 264 g/mol. The quantitative estimate of drug-likeness (QED) is 0.915.